The Morgan fingerprint density at radius 3 is 2.95 bits per heavy atom. The van der Waals surface area contributed by atoms with Gasteiger partial charge in [0.1, 0.15) is 5.82 Å². The summed E-state index contributed by atoms with van der Waals surface area (Å²) in [5, 5.41) is 13.3. The normalized spacial score (nSPS) is 14.6. The molecule has 5 nitrogen and oxygen atoms in total. The van der Waals surface area contributed by atoms with Gasteiger partial charge in [-0.05, 0) is 37.1 Å². The number of rotatable bonds is 3. The summed E-state index contributed by atoms with van der Waals surface area (Å²) in [6, 6.07) is 10.4. The van der Waals surface area contributed by atoms with Crippen LogP contribution in [0.5, 0.6) is 0 Å². The Hall–Kier alpha value is -2.61. The van der Waals surface area contributed by atoms with Gasteiger partial charge < -0.3 is 4.57 Å². The second-order valence-corrected chi connectivity index (χ2v) is 5.15. The highest BCUT2D eigenvalue weighted by molar-refractivity contribution is 5.78. The first-order valence-electron chi connectivity index (χ1n) is 6.73. The third kappa shape index (κ3) is 1.77. The molecule has 1 aliphatic rings. The molecule has 0 saturated heterocycles. The van der Waals surface area contributed by atoms with Crippen molar-refractivity contribution in [3.63, 3.8) is 0 Å². The fourth-order valence-corrected chi connectivity index (χ4v) is 2.61. The van der Waals surface area contributed by atoms with Crippen molar-refractivity contribution in [2.75, 3.05) is 0 Å². The van der Waals surface area contributed by atoms with Crippen molar-refractivity contribution in [2.24, 2.45) is 0 Å². The van der Waals surface area contributed by atoms with Crippen LogP contribution in [0.15, 0.2) is 36.7 Å². The van der Waals surface area contributed by atoms with Crippen molar-refractivity contribution in [2.45, 2.75) is 25.4 Å². The van der Waals surface area contributed by atoms with E-state index in [-0.39, 0.29) is 0 Å². The highest BCUT2D eigenvalue weighted by atomic mass is 15.3. The van der Waals surface area contributed by atoms with Crippen LogP contribution in [0.25, 0.3) is 11.0 Å². The fourth-order valence-electron chi connectivity index (χ4n) is 2.61. The molecule has 1 fully saturated rings. The minimum Gasteiger partial charge on any atom is -0.323 e. The van der Waals surface area contributed by atoms with Crippen LogP contribution in [0.3, 0.4) is 0 Å². The van der Waals surface area contributed by atoms with Crippen molar-refractivity contribution in [3.8, 4) is 6.07 Å². The summed E-state index contributed by atoms with van der Waals surface area (Å²) in [5.41, 5.74) is 2.68. The zero-order chi connectivity index (χ0) is 13.5. The second-order valence-electron chi connectivity index (χ2n) is 5.15. The molecule has 2 aromatic heterocycles. The molecule has 0 unspecified atom stereocenters. The maximum absolute atomic E-state index is 9.00. The summed E-state index contributed by atoms with van der Waals surface area (Å²) in [6.07, 6.45) is 6.13. The highest BCUT2D eigenvalue weighted by Gasteiger charge is 2.28. The third-order valence-electron chi connectivity index (χ3n) is 3.67. The lowest BCUT2D eigenvalue weighted by atomic mass is 10.2. The first kappa shape index (κ1) is 11.2. The standard InChI is InChI=1S/C15H13N5/c16-9-11-2-5-14-13(8-11)18-15(20(14)12-3-4-12)10-19-7-1-6-17-19/h1-2,5-8,12H,3-4,10H2. The van der Waals surface area contributed by atoms with Gasteiger partial charge in [0.15, 0.2) is 0 Å². The summed E-state index contributed by atoms with van der Waals surface area (Å²) in [5.74, 6) is 1.02. The van der Waals surface area contributed by atoms with Gasteiger partial charge in [0.25, 0.3) is 0 Å². The van der Waals surface area contributed by atoms with E-state index in [1.54, 1.807) is 6.20 Å². The van der Waals surface area contributed by atoms with E-state index in [0.717, 1.165) is 16.9 Å². The first-order valence-corrected chi connectivity index (χ1v) is 6.73. The molecule has 5 heteroatoms. The maximum Gasteiger partial charge on any atom is 0.131 e. The lowest BCUT2D eigenvalue weighted by Crippen LogP contribution is -2.08. The summed E-state index contributed by atoms with van der Waals surface area (Å²) in [4.78, 5) is 4.71. The highest BCUT2D eigenvalue weighted by Crippen LogP contribution is 2.38. The van der Waals surface area contributed by atoms with Crippen molar-refractivity contribution < 1.29 is 0 Å². The fraction of sp³-hybridized carbons (Fsp3) is 0.267. The van der Waals surface area contributed by atoms with Crippen LogP contribution in [0.4, 0.5) is 0 Å². The Balaban J connectivity index is 1.86. The van der Waals surface area contributed by atoms with Crippen LogP contribution >= 0.6 is 0 Å². The minimum absolute atomic E-state index is 0.554. The molecule has 1 aromatic carbocycles. The topological polar surface area (TPSA) is 59.4 Å². The van der Waals surface area contributed by atoms with Crippen LogP contribution in [-0.4, -0.2) is 19.3 Å². The van der Waals surface area contributed by atoms with Crippen molar-refractivity contribution in [1.29, 1.82) is 5.26 Å². The Labute approximate surface area is 116 Å². The lowest BCUT2D eigenvalue weighted by molar-refractivity contribution is 0.608. The molecular weight excluding hydrogens is 250 g/mol. The number of hydrogen-bond acceptors (Lipinski definition) is 3. The van der Waals surface area contributed by atoms with Gasteiger partial charge in [0.2, 0.25) is 0 Å². The molecule has 1 aliphatic carbocycles. The molecule has 3 aromatic rings. The molecule has 20 heavy (non-hydrogen) atoms. The molecule has 0 radical (unpaired) electrons. The average molecular weight is 263 g/mol. The van der Waals surface area contributed by atoms with Gasteiger partial charge >= 0.3 is 0 Å². The number of nitriles is 1. The van der Waals surface area contributed by atoms with Crippen LogP contribution in [-0.2, 0) is 6.54 Å². The van der Waals surface area contributed by atoms with E-state index in [0.29, 0.717) is 18.2 Å². The zero-order valence-corrected chi connectivity index (χ0v) is 10.9. The van der Waals surface area contributed by atoms with Gasteiger partial charge in [-0.3, -0.25) is 4.68 Å². The van der Waals surface area contributed by atoms with Crippen molar-refractivity contribution in [3.05, 3.63) is 48.0 Å². The van der Waals surface area contributed by atoms with Gasteiger partial charge in [-0.1, -0.05) is 0 Å². The van der Waals surface area contributed by atoms with Gasteiger partial charge in [-0.2, -0.15) is 10.4 Å². The molecule has 0 amide bonds. The van der Waals surface area contributed by atoms with Crippen molar-refractivity contribution >= 4 is 11.0 Å². The van der Waals surface area contributed by atoms with Crippen molar-refractivity contribution in [1.82, 2.24) is 19.3 Å². The Morgan fingerprint density at radius 2 is 2.25 bits per heavy atom. The molecule has 98 valence electrons. The number of fused-ring (bicyclic) bond motifs is 1. The average Bonchev–Trinajstić information content (AvgIpc) is 3.05. The van der Waals surface area contributed by atoms with E-state index in [2.05, 4.69) is 15.7 Å². The molecule has 0 spiro atoms. The largest absolute Gasteiger partial charge is 0.323 e. The van der Waals surface area contributed by atoms with E-state index >= 15 is 0 Å². The van der Waals surface area contributed by atoms with Crippen LogP contribution < -0.4 is 0 Å². The van der Waals surface area contributed by atoms with Crippen LogP contribution in [0.1, 0.15) is 30.3 Å². The quantitative estimate of drug-likeness (QED) is 0.729. The van der Waals surface area contributed by atoms with Crippen LogP contribution in [0.2, 0.25) is 0 Å². The predicted octanol–water partition coefficient (Wildman–Crippen LogP) is 2.49. The zero-order valence-electron chi connectivity index (χ0n) is 10.9. The molecule has 0 aliphatic heterocycles. The monoisotopic (exact) mass is 263 g/mol. The van der Waals surface area contributed by atoms with E-state index in [4.69, 9.17) is 10.2 Å². The number of hydrogen-bond donors (Lipinski definition) is 0. The SMILES string of the molecule is N#Cc1ccc2c(c1)nc(Cn1cccn1)n2C1CC1. The Morgan fingerprint density at radius 1 is 1.35 bits per heavy atom. The molecule has 0 bridgehead atoms. The molecule has 0 atom stereocenters. The molecular formula is C15H13N5. The summed E-state index contributed by atoms with van der Waals surface area (Å²) in [7, 11) is 0. The number of aromatic nitrogens is 4. The molecule has 1 saturated carbocycles. The predicted molar refractivity (Wildman–Crippen MR) is 74.0 cm³/mol. The summed E-state index contributed by atoms with van der Waals surface area (Å²) in [6.45, 7) is 0.667. The van der Waals surface area contributed by atoms with E-state index in [9.17, 15) is 0 Å². The van der Waals surface area contributed by atoms with E-state index in [1.165, 1.54) is 12.8 Å². The van der Waals surface area contributed by atoms with E-state index in [1.807, 2.05) is 35.1 Å². The van der Waals surface area contributed by atoms with Gasteiger partial charge in [-0.25, -0.2) is 4.98 Å². The Bertz CT molecular complexity index is 803. The minimum atomic E-state index is 0.554. The third-order valence-corrected chi connectivity index (χ3v) is 3.67. The maximum atomic E-state index is 9.00. The summed E-state index contributed by atoms with van der Waals surface area (Å²) < 4.78 is 4.18. The Kier molecular flexibility index (Phi) is 2.36. The van der Waals surface area contributed by atoms with Gasteiger partial charge in [0.05, 0.1) is 29.2 Å². The first-order chi connectivity index (χ1) is 9.85. The molecule has 4 rings (SSSR count). The molecule has 0 N–H and O–H groups in total. The van der Waals surface area contributed by atoms with Gasteiger partial charge in [-0.15, -0.1) is 0 Å². The van der Waals surface area contributed by atoms with E-state index < -0.39 is 0 Å². The number of imidazole rings is 1. The molecule has 2 heterocycles. The second kappa shape index (κ2) is 4.20. The number of benzene rings is 1. The van der Waals surface area contributed by atoms with Gasteiger partial charge in [0, 0.05) is 18.4 Å². The van der Waals surface area contributed by atoms with Crippen LogP contribution in [0, 0.1) is 11.3 Å². The number of nitrogens with zero attached hydrogens (tertiary/aromatic N) is 5. The smallest absolute Gasteiger partial charge is 0.131 e. The lowest BCUT2D eigenvalue weighted by Gasteiger charge is -2.07. The summed E-state index contributed by atoms with van der Waals surface area (Å²) >= 11 is 0.